The average molecular weight is 276 g/mol. The number of hydrogen-bond acceptors (Lipinski definition) is 2. The van der Waals surface area contributed by atoms with E-state index in [1.165, 1.54) is 56.9 Å². The van der Waals surface area contributed by atoms with Gasteiger partial charge in [-0.25, -0.2) is 0 Å². The Bertz CT molecular complexity index is 353. The van der Waals surface area contributed by atoms with Crippen LogP contribution >= 0.6 is 0 Å². The first-order valence-electron chi connectivity index (χ1n) is 8.34. The summed E-state index contributed by atoms with van der Waals surface area (Å²) < 4.78 is 0. The fourth-order valence-corrected chi connectivity index (χ4v) is 2.75. The minimum absolute atomic E-state index is 0.176. The standard InChI is InChI=1S/C18H32N2/c1-4-5-6-7-8-9-10-11-12-18(19)17-13-15(2)20-16(3)14-17/h13-14,18H,4-12,19H2,1-3H3. The van der Waals surface area contributed by atoms with Crippen molar-refractivity contribution < 1.29 is 0 Å². The van der Waals surface area contributed by atoms with E-state index in [2.05, 4.69) is 24.0 Å². The van der Waals surface area contributed by atoms with E-state index in [0.717, 1.165) is 17.8 Å². The molecule has 2 N–H and O–H groups in total. The third-order valence-corrected chi connectivity index (χ3v) is 3.90. The molecule has 0 aliphatic rings. The molecule has 0 saturated heterocycles. The van der Waals surface area contributed by atoms with Crippen LogP contribution in [0.5, 0.6) is 0 Å². The molecular weight excluding hydrogens is 244 g/mol. The fraction of sp³-hybridized carbons (Fsp3) is 0.722. The van der Waals surface area contributed by atoms with Crippen molar-refractivity contribution in [2.24, 2.45) is 5.73 Å². The van der Waals surface area contributed by atoms with E-state index in [1.54, 1.807) is 0 Å². The summed E-state index contributed by atoms with van der Waals surface area (Å²) in [5.74, 6) is 0. The topological polar surface area (TPSA) is 38.9 Å². The molecule has 1 heterocycles. The van der Waals surface area contributed by atoms with Gasteiger partial charge in [-0.15, -0.1) is 0 Å². The molecule has 0 fully saturated rings. The number of aryl methyl sites for hydroxylation is 2. The zero-order valence-corrected chi connectivity index (χ0v) is 13.6. The quantitative estimate of drug-likeness (QED) is 0.594. The molecule has 0 aliphatic heterocycles. The first kappa shape index (κ1) is 17.2. The first-order valence-corrected chi connectivity index (χ1v) is 8.34. The number of hydrogen-bond donors (Lipinski definition) is 1. The van der Waals surface area contributed by atoms with Crippen molar-refractivity contribution in [2.75, 3.05) is 0 Å². The van der Waals surface area contributed by atoms with Crippen LogP contribution in [0.15, 0.2) is 12.1 Å². The number of aromatic nitrogens is 1. The second-order valence-electron chi connectivity index (χ2n) is 6.05. The molecule has 1 atom stereocenters. The number of rotatable bonds is 10. The van der Waals surface area contributed by atoms with Crippen LogP contribution < -0.4 is 5.73 Å². The zero-order valence-electron chi connectivity index (χ0n) is 13.6. The van der Waals surface area contributed by atoms with Crippen molar-refractivity contribution in [3.63, 3.8) is 0 Å². The van der Waals surface area contributed by atoms with Gasteiger partial charge < -0.3 is 5.73 Å². The summed E-state index contributed by atoms with van der Waals surface area (Å²) in [5.41, 5.74) is 9.68. The molecule has 0 bridgehead atoms. The highest BCUT2D eigenvalue weighted by Gasteiger charge is 2.07. The van der Waals surface area contributed by atoms with E-state index in [-0.39, 0.29) is 6.04 Å². The maximum absolute atomic E-state index is 6.29. The van der Waals surface area contributed by atoms with Crippen molar-refractivity contribution >= 4 is 0 Å². The third-order valence-electron chi connectivity index (χ3n) is 3.90. The van der Waals surface area contributed by atoms with Crippen molar-refractivity contribution in [2.45, 2.75) is 84.6 Å². The van der Waals surface area contributed by atoms with Crippen LogP contribution in [-0.2, 0) is 0 Å². The smallest absolute Gasteiger partial charge is 0.0379 e. The van der Waals surface area contributed by atoms with Crippen LogP contribution in [0, 0.1) is 13.8 Å². The highest BCUT2D eigenvalue weighted by atomic mass is 14.7. The third kappa shape index (κ3) is 7.04. The van der Waals surface area contributed by atoms with Crippen LogP contribution in [0.4, 0.5) is 0 Å². The predicted octanol–water partition coefficient (Wildman–Crippen LogP) is 5.23. The van der Waals surface area contributed by atoms with Gasteiger partial charge in [-0.2, -0.15) is 0 Å². The SMILES string of the molecule is CCCCCCCCCCC(N)c1cc(C)nc(C)c1. The summed E-state index contributed by atoms with van der Waals surface area (Å²) in [6, 6.07) is 4.43. The highest BCUT2D eigenvalue weighted by molar-refractivity contribution is 5.23. The molecule has 2 heteroatoms. The molecule has 0 aromatic carbocycles. The van der Waals surface area contributed by atoms with E-state index in [4.69, 9.17) is 5.73 Å². The van der Waals surface area contributed by atoms with E-state index in [9.17, 15) is 0 Å². The maximum atomic E-state index is 6.29. The van der Waals surface area contributed by atoms with Gasteiger partial charge in [-0.1, -0.05) is 58.3 Å². The van der Waals surface area contributed by atoms with Crippen LogP contribution in [-0.4, -0.2) is 4.98 Å². The van der Waals surface area contributed by atoms with Crippen molar-refractivity contribution in [3.05, 3.63) is 29.1 Å². The number of nitrogens with two attached hydrogens (primary N) is 1. The molecule has 0 amide bonds. The van der Waals surface area contributed by atoms with E-state index in [0.29, 0.717) is 0 Å². The Morgan fingerprint density at radius 1 is 0.900 bits per heavy atom. The molecule has 1 aromatic rings. The van der Waals surface area contributed by atoms with Gasteiger partial charge in [0.05, 0.1) is 0 Å². The van der Waals surface area contributed by atoms with Gasteiger partial charge in [0.15, 0.2) is 0 Å². The van der Waals surface area contributed by atoms with Gasteiger partial charge in [-0.3, -0.25) is 4.98 Å². The Balaban J connectivity index is 2.15. The molecule has 0 saturated carbocycles. The van der Waals surface area contributed by atoms with Gasteiger partial charge in [0.25, 0.3) is 0 Å². The van der Waals surface area contributed by atoms with Crippen LogP contribution in [0.25, 0.3) is 0 Å². The number of pyridine rings is 1. The molecular formula is C18H32N2. The van der Waals surface area contributed by atoms with E-state index in [1.807, 2.05) is 13.8 Å². The second-order valence-corrected chi connectivity index (χ2v) is 6.05. The first-order chi connectivity index (χ1) is 9.63. The molecule has 2 nitrogen and oxygen atoms in total. The lowest BCUT2D eigenvalue weighted by Gasteiger charge is -2.13. The fourth-order valence-electron chi connectivity index (χ4n) is 2.75. The Hall–Kier alpha value is -0.890. The number of nitrogens with zero attached hydrogens (tertiary/aromatic N) is 1. The highest BCUT2D eigenvalue weighted by Crippen LogP contribution is 2.19. The van der Waals surface area contributed by atoms with Gasteiger partial charge in [0, 0.05) is 17.4 Å². The van der Waals surface area contributed by atoms with Crippen molar-refractivity contribution in [3.8, 4) is 0 Å². The lowest BCUT2D eigenvalue weighted by molar-refractivity contribution is 0.536. The second kappa shape index (κ2) is 9.93. The van der Waals surface area contributed by atoms with Gasteiger partial charge >= 0.3 is 0 Å². The van der Waals surface area contributed by atoms with Crippen LogP contribution in [0.3, 0.4) is 0 Å². The normalized spacial score (nSPS) is 12.6. The van der Waals surface area contributed by atoms with Crippen molar-refractivity contribution in [1.82, 2.24) is 4.98 Å². The van der Waals surface area contributed by atoms with Gasteiger partial charge in [0.1, 0.15) is 0 Å². The summed E-state index contributed by atoms with van der Waals surface area (Å²) in [5, 5.41) is 0. The molecule has 1 unspecified atom stereocenters. The molecule has 0 radical (unpaired) electrons. The molecule has 1 aromatic heterocycles. The summed E-state index contributed by atoms with van der Waals surface area (Å²) >= 11 is 0. The Morgan fingerprint density at radius 3 is 1.95 bits per heavy atom. The summed E-state index contributed by atoms with van der Waals surface area (Å²) in [7, 11) is 0. The Labute approximate surface area is 125 Å². The summed E-state index contributed by atoms with van der Waals surface area (Å²) in [6.45, 7) is 6.35. The van der Waals surface area contributed by atoms with E-state index < -0.39 is 0 Å². The molecule has 114 valence electrons. The molecule has 0 spiro atoms. The lowest BCUT2D eigenvalue weighted by atomic mass is 9.99. The van der Waals surface area contributed by atoms with Gasteiger partial charge in [-0.05, 0) is 38.0 Å². The monoisotopic (exact) mass is 276 g/mol. The van der Waals surface area contributed by atoms with Crippen molar-refractivity contribution in [1.29, 1.82) is 0 Å². The lowest BCUT2D eigenvalue weighted by Crippen LogP contribution is -2.11. The zero-order chi connectivity index (χ0) is 14.8. The minimum Gasteiger partial charge on any atom is -0.324 e. The molecule has 0 aliphatic carbocycles. The summed E-state index contributed by atoms with van der Waals surface area (Å²) in [6.07, 6.45) is 12.0. The largest absolute Gasteiger partial charge is 0.324 e. The summed E-state index contributed by atoms with van der Waals surface area (Å²) in [4.78, 5) is 4.41. The molecule has 20 heavy (non-hydrogen) atoms. The Kier molecular flexibility index (Phi) is 8.52. The number of unbranched alkanes of at least 4 members (excludes halogenated alkanes) is 7. The van der Waals surface area contributed by atoms with Crippen LogP contribution in [0.1, 0.15) is 87.7 Å². The predicted molar refractivity (Wildman–Crippen MR) is 87.9 cm³/mol. The maximum Gasteiger partial charge on any atom is 0.0379 e. The van der Waals surface area contributed by atoms with Gasteiger partial charge in [0.2, 0.25) is 0 Å². The molecule has 1 rings (SSSR count). The minimum atomic E-state index is 0.176. The van der Waals surface area contributed by atoms with E-state index >= 15 is 0 Å². The average Bonchev–Trinajstić information content (AvgIpc) is 2.40. The Morgan fingerprint density at radius 2 is 1.40 bits per heavy atom. The van der Waals surface area contributed by atoms with Crippen LogP contribution in [0.2, 0.25) is 0 Å².